The molecule has 1 unspecified atom stereocenters. The first-order valence-corrected chi connectivity index (χ1v) is 6.19. The molecule has 0 fully saturated rings. The summed E-state index contributed by atoms with van der Waals surface area (Å²) in [5.74, 6) is 0. The first-order chi connectivity index (χ1) is 9.34. The Labute approximate surface area is 111 Å². The molecule has 1 atom stereocenters. The third-order valence-electron chi connectivity index (χ3n) is 3.16. The Hall–Kier alpha value is -2.33. The lowest BCUT2D eigenvalue weighted by atomic mass is 10.0. The summed E-state index contributed by atoms with van der Waals surface area (Å²) in [5.41, 5.74) is 9.25. The average molecular weight is 250 g/mol. The summed E-state index contributed by atoms with van der Waals surface area (Å²) in [7, 11) is 0. The van der Waals surface area contributed by atoms with Crippen molar-refractivity contribution in [1.82, 2.24) is 15.0 Å². The van der Waals surface area contributed by atoms with Crippen LogP contribution in [-0.4, -0.2) is 15.0 Å². The Kier molecular flexibility index (Phi) is 3.16. The Bertz CT molecular complexity index is 677. The van der Waals surface area contributed by atoms with Gasteiger partial charge in [0.15, 0.2) is 0 Å². The van der Waals surface area contributed by atoms with Crippen LogP contribution in [0.4, 0.5) is 0 Å². The Morgan fingerprint density at radius 1 is 1.00 bits per heavy atom. The first-order valence-electron chi connectivity index (χ1n) is 6.19. The number of hydrogen-bond donors (Lipinski definition) is 1. The lowest BCUT2D eigenvalue weighted by Gasteiger charge is -2.12. The second-order valence-electron chi connectivity index (χ2n) is 4.43. The van der Waals surface area contributed by atoms with Crippen molar-refractivity contribution in [1.29, 1.82) is 0 Å². The molecule has 0 radical (unpaired) electrons. The number of para-hydroxylation sites is 1. The zero-order valence-corrected chi connectivity index (χ0v) is 10.4. The highest BCUT2D eigenvalue weighted by atomic mass is 14.8. The van der Waals surface area contributed by atoms with Crippen molar-refractivity contribution in [3.8, 4) is 0 Å². The van der Waals surface area contributed by atoms with E-state index in [1.165, 1.54) is 11.9 Å². The van der Waals surface area contributed by atoms with Crippen molar-refractivity contribution < 1.29 is 0 Å². The molecule has 3 rings (SSSR count). The van der Waals surface area contributed by atoms with E-state index in [0.717, 1.165) is 23.0 Å². The second kappa shape index (κ2) is 5.12. The molecule has 2 heterocycles. The molecular weight excluding hydrogens is 236 g/mol. The van der Waals surface area contributed by atoms with Gasteiger partial charge in [-0.2, -0.15) is 0 Å². The molecule has 0 saturated carbocycles. The number of benzene rings is 1. The smallest absolute Gasteiger partial charge is 0.115 e. The molecule has 0 saturated heterocycles. The third kappa shape index (κ3) is 2.44. The quantitative estimate of drug-likeness (QED) is 0.774. The second-order valence-corrected chi connectivity index (χ2v) is 4.43. The highest BCUT2D eigenvalue weighted by molar-refractivity contribution is 5.81. The minimum atomic E-state index is -0.131. The molecule has 0 aliphatic rings. The van der Waals surface area contributed by atoms with Gasteiger partial charge < -0.3 is 5.73 Å². The van der Waals surface area contributed by atoms with E-state index in [0.29, 0.717) is 0 Å². The van der Waals surface area contributed by atoms with Crippen LogP contribution in [-0.2, 0) is 6.42 Å². The third-order valence-corrected chi connectivity index (χ3v) is 3.16. The monoisotopic (exact) mass is 250 g/mol. The SMILES string of the molecule is NC(Cc1ccnc2ccccc12)c1ccncn1. The van der Waals surface area contributed by atoms with Crippen LogP contribution in [0.25, 0.3) is 10.9 Å². The summed E-state index contributed by atoms with van der Waals surface area (Å²) in [6.07, 6.45) is 5.80. The van der Waals surface area contributed by atoms with Crippen LogP contribution < -0.4 is 5.73 Å². The molecule has 3 aromatic rings. The zero-order chi connectivity index (χ0) is 13.1. The van der Waals surface area contributed by atoms with Crippen LogP contribution in [0.3, 0.4) is 0 Å². The van der Waals surface area contributed by atoms with Gasteiger partial charge in [-0.15, -0.1) is 0 Å². The van der Waals surface area contributed by atoms with Gasteiger partial charge in [0.2, 0.25) is 0 Å². The van der Waals surface area contributed by atoms with Crippen molar-refractivity contribution >= 4 is 10.9 Å². The van der Waals surface area contributed by atoms with Gasteiger partial charge in [0, 0.05) is 17.8 Å². The van der Waals surface area contributed by atoms with Gasteiger partial charge >= 0.3 is 0 Å². The molecule has 4 nitrogen and oxygen atoms in total. The maximum absolute atomic E-state index is 6.21. The summed E-state index contributed by atoms with van der Waals surface area (Å²) in [5, 5.41) is 1.15. The van der Waals surface area contributed by atoms with E-state index in [-0.39, 0.29) is 6.04 Å². The van der Waals surface area contributed by atoms with Gasteiger partial charge in [0.05, 0.1) is 17.3 Å². The number of rotatable bonds is 3. The Morgan fingerprint density at radius 3 is 2.74 bits per heavy atom. The largest absolute Gasteiger partial charge is 0.322 e. The number of hydrogen-bond acceptors (Lipinski definition) is 4. The van der Waals surface area contributed by atoms with E-state index in [1.54, 1.807) is 6.20 Å². The Balaban J connectivity index is 1.94. The topological polar surface area (TPSA) is 64.7 Å². The molecule has 2 aromatic heterocycles. The van der Waals surface area contributed by atoms with E-state index >= 15 is 0 Å². The van der Waals surface area contributed by atoms with Gasteiger partial charge in [-0.05, 0) is 30.2 Å². The van der Waals surface area contributed by atoms with Gasteiger partial charge in [-0.3, -0.25) is 4.98 Å². The lowest BCUT2D eigenvalue weighted by Crippen LogP contribution is -2.15. The van der Waals surface area contributed by atoms with E-state index < -0.39 is 0 Å². The molecule has 1 aromatic carbocycles. The molecule has 19 heavy (non-hydrogen) atoms. The normalized spacial score (nSPS) is 12.5. The first kappa shape index (κ1) is 11.7. The van der Waals surface area contributed by atoms with Crippen LogP contribution in [0.5, 0.6) is 0 Å². The average Bonchev–Trinajstić information content (AvgIpc) is 2.48. The van der Waals surface area contributed by atoms with Crippen LogP contribution in [0.15, 0.2) is 55.1 Å². The molecule has 0 aliphatic heterocycles. The summed E-state index contributed by atoms with van der Waals surface area (Å²) >= 11 is 0. The number of fused-ring (bicyclic) bond motifs is 1. The van der Waals surface area contributed by atoms with Crippen molar-refractivity contribution in [2.45, 2.75) is 12.5 Å². The van der Waals surface area contributed by atoms with E-state index in [4.69, 9.17) is 5.73 Å². The van der Waals surface area contributed by atoms with Crippen LogP contribution in [0, 0.1) is 0 Å². The van der Waals surface area contributed by atoms with E-state index in [2.05, 4.69) is 21.0 Å². The number of pyridine rings is 1. The van der Waals surface area contributed by atoms with Gasteiger partial charge in [-0.1, -0.05) is 18.2 Å². The van der Waals surface area contributed by atoms with Crippen molar-refractivity contribution in [2.75, 3.05) is 0 Å². The fourth-order valence-corrected chi connectivity index (χ4v) is 2.19. The highest BCUT2D eigenvalue weighted by Gasteiger charge is 2.10. The molecule has 4 heteroatoms. The lowest BCUT2D eigenvalue weighted by molar-refractivity contribution is 0.695. The summed E-state index contributed by atoms with van der Waals surface area (Å²) in [4.78, 5) is 12.5. The van der Waals surface area contributed by atoms with Crippen molar-refractivity contribution in [3.05, 3.63) is 66.4 Å². The Morgan fingerprint density at radius 2 is 1.89 bits per heavy atom. The minimum Gasteiger partial charge on any atom is -0.322 e. The van der Waals surface area contributed by atoms with Crippen LogP contribution in [0.1, 0.15) is 17.3 Å². The molecule has 2 N–H and O–H groups in total. The molecule has 0 amide bonds. The molecule has 94 valence electrons. The van der Waals surface area contributed by atoms with E-state index in [9.17, 15) is 0 Å². The minimum absolute atomic E-state index is 0.131. The number of nitrogens with two attached hydrogens (primary N) is 1. The fourth-order valence-electron chi connectivity index (χ4n) is 2.19. The maximum atomic E-state index is 6.21. The maximum Gasteiger partial charge on any atom is 0.115 e. The van der Waals surface area contributed by atoms with E-state index in [1.807, 2.05) is 36.5 Å². The molecule has 0 bridgehead atoms. The van der Waals surface area contributed by atoms with Gasteiger partial charge in [-0.25, -0.2) is 9.97 Å². The van der Waals surface area contributed by atoms with Gasteiger partial charge in [0.25, 0.3) is 0 Å². The number of aromatic nitrogens is 3. The number of nitrogens with zero attached hydrogens (tertiary/aromatic N) is 3. The zero-order valence-electron chi connectivity index (χ0n) is 10.4. The summed E-state index contributed by atoms with van der Waals surface area (Å²) in [6.45, 7) is 0. The van der Waals surface area contributed by atoms with Crippen LogP contribution in [0.2, 0.25) is 0 Å². The summed E-state index contributed by atoms with van der Waals surface area (Å²) < 4.78 is 0. The van der Waals surface area contributed by atoms with Gasteiger partial charge in [0.1, 0.15) is 6.33 Å². The molecular formula is C15H14N4. The predicted molar refractivity (Wildman–Crippen MR) is 74.4 cm³/mol. The standard InChI is InChI=1S/C15H14N4/c16-13(15-6-7-17-10-19-15)9-11-5-8-18-14-4-2-1-3-12(11)14/h1-8,10,13H,9,16H2. The highest BCUT2D eigenvalue weighted by Crippen LogP contribution is 2.20. The summed E-state index contributed by atoms with van der Waals surface area (Å²) in [6, 6.07) is 11.8. The predicted octanol–water partition coefficient (Wildman–Crippen LogP) is 2.27. The molecule has 0 spiro atoms. The van der Waals surface area contributed by atoms with Crippen molar-refractivity contribution in [3.63, 3.8) is 0 Å². The van der Waals surface area contributed by atoms with Crippen molar-refractivity contribution in [2.24, 2.45) is 5.73 Å². The van der Waals surface area contributed by atoms with Crippen LogP contribution >= 0.6 is 0 Å². The molecule has 0 aliphatic carbocycles. The fraction of sp³-hybridized carbons (Fsp3) is 0.133.